The lowest BCUT2D eigenvalue weighted by Gasteiger charge is -2.09. The van der Waals surface area contributed by atoms with Crippen molar-refractivity contribution in [2.75, 3.05) is 6.54 Å². The summed E-state index contributed by atoms with van der Waals surface area (Å²) in [6.45, 7) is 2.56. The topological polar surface area (TPSA) is 79.2 Å². The Morgan fingerprint density at radius 1 is 0.882 bits per heavy atom. The molecule has 0 spiro atoms. The number of carbonyl (C=O) groups excluding carboxylic acids is 2. The molecule has 0 saturated carbocycles. The van der Waals surface area contributed by atoms with Gasteiger partial charge >= 0.3 is 5.97 Å². The van der Waals surface area contributed by atoms with E-state index in [1.165, 1.54) is 6.08 Å². The van der Waals surface area contributed by atoms with Crippen LogP contribution < -0.4 is 10.1 Å². The standard InChI is InChI=1S/C29H26N2O3/c1-2-3-18-31-28(32)25(21-30)19-23-14-16-26(17-15-23)34-29(33)27(24-12-8-5-9-13-24)20-22-10-6-4-7-11-22/h4-17,19-20H,2-3,18H2,1H3,(H,31,32)/b25-19+,27-20+. The van der Waals surface area contributed by atoms with Crippen molar-refractivity contribution in [2.45, 2.75) is 19.8 Å². The van der Waals surface area contributed by atoms with Gasteiger partial charge in [0.25, 0.3) is 5.91 Å². The summed E-state index contributed by atoms with van der Waals surface area (Å²) in [7, 11) is 0. The molecule has 0 aliphatic rings. The number of amides is 1. The van der Waals surface area contributed by atoms with Gasteiger partial charge in [-0.2, -0.15) is 5.26 Å². The van der Waals surface area contributed by atoms with Crippen LogP contribution in [0.3, 0.4) is 0 Å². The first-order valence-electron chi connectivity index (χ1n) is 11.1. The van der Waals surface area contributed by atoms with E-state index in [4.69, 9.17) is 4.74 Å². The van der Waals surface area contributed by atoms with Crippen molar-refractivity contribution >= 4 is 29.6 Å². The maximum absolute atomic E-state index is 13.0. The summed E-state index contributed by atoms with van der Waals surface area (Å²) < 4.78 is 5.63. The van der Waals surface area contributed by atoms with E-state index in [9.17, 15) is 14.9 Å². The second-order valence-electron chi connectivity index (χ2n) is 7.57. The van der Waals surface area contributed by atoms with E-state index in [-0.39, 0.29) is 5.57 Å². The van der Waals surface area contributed by atoms with Gasteiger partial charge in [-0.25, -0.2) is 4.79 Å². The lowest BCUT2D eigenvalue weighted by atomic mass is 10.0. The number of unbranched alkanes of at least 4 members (excludes halogenated alkanes) is 1. The molecular weight excluding hydrogens is 424 g/mol. The van der Waals surface area contributed by atoms with E-state index in [0.29, 0.717) is 23.4 Å². The Morgan fingerprint density at radius 3 is 2.12 bits per heavy atom. The summed E-state index contributed by atoms with van der Waals surface area (Å²) in [6.07, 6.45) is 5.12. The smallest absolute Gasteiger partial charge is 0.344 e. The fraction of sp³-hybridized carbons (Fsp3) is 0.138. The Morgan fingerprint density at radius 2 is 1.50 bits per heavy atom. The fourth-order valence-electron chi connectivity index (χ4n) is 3.18. The molecule has 1 amide bonds. The number of rotatable bonds is 9. The number of hydrogen-bond donors (Lipinski definition) is 1. The van der Waals surface area contributed by atoms with Crippen molar-refractivity contribution in [3.05, 3.63) is 107 Å². The Kier molecular flexibility index (Phi) is 8.95. The van der Waals surface area contributed by atoms with Gasteiger partial charge in [0.2, 0.25) is 0 Å². The molecule has 5 heteroatoms. The minimum atomic E-state index is -0.480. The van der Waals surface area contributed by atoms with Crippen LogP contribution in [0.25, 0.3) is 17.7 Å². The molecule has 0 radical (unpaired) electrons. The Labute approximate surface area is 200 Å². The highest BCUT2D eigenvalue weighted by molar-refractivity contribution is 6.22. The van der Waals surface area contributed by atoms with Crippen LogP contribution in [0.15, 0.2) is 90.5 Å². The molecule has 3 aromatic rings. The third kappa shape index (κ3) is 7.04. The van der Waals surface area contributed by atoms with E-state index in [1.54, 1.807) is 30.3 Å². The molecule has 0 unspecified atom stereocenters. The van der Waals surface area contributed by atoms with Crippen molar-refractivity contribution in [3.63, 3.8) is 0 Å². The lowest BCUT2D eigenvalue weighted by Crippen LogP contribution is -2.25. The molecule has 3 aromatic carbocycles. The molecule has 0 saturated heterocycles. The second kappa shape index (κ2) is 12.6. The van der Waals surface area contributed by atoms with Gasteiger partial charge in [-0.15, -0.1) is 0 Å². The van der Waals surface area contributed by atoms with Crippen LogP contribution >= 0.6 is 0 Å². The zero-order chi connectivity index (χ0) is 24.2. The summed E-state index contributed by atoms with van der Waals surface area (Å²) in [4.78, 5) is 25.2. The van der Waals surface area contributed by atoms with Gasteiger partial charge < -0.3 is 10.1 Å². The van der Waals surface area contributed by atoms with E-state index in [0.717, 1.165) is 24.0 Å². The first-order valence-corrected chi connectivity index (χ1v) is 11.1. The van der Waals surface area contributed by atoms with Crippen LogP contribution in [-0.2, 0) is 9.59 Å². The Bertz CT molecular complexity index is 1210. The average molecular weight is 451 g/mol. The summed E-state index contributed by atoms with van der Waals surface area (Å²) >= 11 is 0. The number of ether oxygens (including phenoxy) is 1. The highest BCUT2D eigenvalue weighted by Crippen LogP contribution is 2.22. The molecule has 1 N–H and O–H groups in total. The van der Waals surface area contributed by atoms with Crippen molar-refractivity contribution in [1.29, 1.82) is 5.26 Å². The highest BCUT2D eigenvalue weighted by Gasteiger charge is 2.15. The minimum absolute atomic E-state index is 0.0259. The number of nitriles is 1. The van der Waals surface area contributed by atoms with Crippen LogP contribution in [0.1, 0.15) is 36.5 Å². The Hall–Kier alpha value is -4.43. The van der Waals surface area contributed by atoms with Crippen LogP contribution in [0.5, 0.6) is 5.75 Å². The van der Waals surface area contributed by atoms with E-state index >= 15 is 0 Å². The fourth-order valence-corrected chi connectivity index (χ4v) is 3.18. The van der Waals surface area contributed by atoms with Gasteiger partial charge in [0.1, 0.15) is 17.4 Å². The number of esters is 1. The van der Waals surface area contributed by atoms with Crippen molar-refractivity contribution in [1.82, 2.24) is 5.32 Å². The highest BCUT2D eigenvalue weighted by atomic mass is 16.5. The van der Waals surface area contributed by atoms with E-state index in [2.05, 4.69) is 5.32 Å². The monoisotopic (exact) mass is 450 g/mol. The number of benzene rings is 3. The maximum atomic E-state index is 13.0. The number of hydrogen-bond acceptors (Lipinski definition) is 4. The van der Waals surface area contributed by atoms with Crippen LogP contribution in [-0.4, -0.2) is 18.4 Å². The number of carbonyl (C=O) groups is 2. The minimum Gasteiger partial charge on any atom is -0.423 e. The first-order chi connectivity index (χ1) is 16.6. The number of nitrogens with one attached hydrogen (secondary N) is 1. The molecule has 5 nitrogen and oxygen atoms in total. The van der Waals surface area contributed by atoms with Crippen molar-refractivity contribution < 1.29 is 14.3 Å². The van der Waals surface area contributed by atoms with Crippen molar-refractivity contribution in [3.8, 4) is 11.8 Å². The zero-order valence-electron chi connectivity index (χ0n) is 19.0. The van der Waals surface area contributed by atoms with Gasteiger partial charge in [-0.1, -0.05) is 86.1 Å². The molecule has 0 aromatic heterocycles. The lowest BCUT2D eigenvalue weighted by molar-refractivity contribution is -0.127. The molecule has 0 aliphatic carbocycles. The summed E-state index contributed by atoms with van der Waals surface area (Å²) in [5, 5.41) is 12.1. The predicted molar refractivity (Wildman–Crippen MR) is 134 cm³/mol. The molecule has 0 atom stereocenters. The molecule has 0 aliphatic heterocycles. The molecule has 3 rings (SSSR count). The summed E-state index contributed by atoms with van der Waals surface area (Å²) in [5.41, 5.74) is 2.76. The van der Waals surface area contributed by atoms with Crippen molar-refractivity contribution in [2.24, 2.45) is 0 Å². The van der Waals surface area contributed by atoms with E-state index < -0.39 is 11.9 Å². The zero-order valence-corrected chi connectivity index (χ0v) is 19.0. The first kappa shape index (κ1) is 24.2. The van der Waals surface area contributed by atoms with E-state index in [1.807, 2.05) is 73.7 Å². The molecule has 0 bridgehead atoms. The van der Waals surface area contributed by atoms with Gasteiger partial charge in [-0.3, -0.25) is 4.79 Å². The molecule has 34 heavy (non-hydrogen) atoms. The molecular formula is C29H26N2O3. The Balaban J connectivity index is 1.76. The molecule has 0 heterocycles. The summed E-state index contributed by atoms with van der Waals surface area (Å²) in [6, 6.07) is 27.5. The van der Waals surface area contributed by atoms with Gasteiger partial charge in [0, 0.05) is 6.54 Å². The average Bonchev–Trinajstić information content (AvgIpc) is 2.88. The third-order valence-electron chi connectivity index (χ3n) is 5.00. The third-order valence-corrected chi connectivity index (χ3v) is 5.00. The van der Waals surface area contributed by atoms with Gasteiger partial charge in [0.15, 0.2) is 0 Å². The second-order valence-corrected chi connectivity index (χ2v) is 7.57. The molecule has 0 fully saturated rings. The van der Waals surface area contributed by atoms with Crippen LogP contribution in [0, 0.1) is 11.3 Å². The molecule has 170 valence electrons. The van der Waals surface area contributed by atoms with Crippen LogP contribution in [0.2, 0.25) is 0 Å². The normalized spacial score (nSPS) is 11.4. The van der Waals surface area contributed by atoms with Gasteiger partial charge in [0.05, 0.1) is 5.57 Å². The largest absolute Gasteiger partial charge is 0.423 e. The van der Waals surface area contributed by atoms with Gasteiger partial charge in [-0.05, 0) is 47.4 Å². The SMILES string of the molecule is CCCCNC(=O)/C(C#N)=C/c1ccc(OC(=O)/C(=C/c2ccccc2)c2ccccc2)cc1. The predicted octanol–water partition coefficient (Wildman–Crippen LogP) is 5.66. The quantitative estimate of drug-likeness (QED) is 0.114. The maximum Gasteiger partial charge on any atom is 0.344 e. The summed E-state index contributed by atoms with van der Waals surface area (Å²) in [5.74, 6) is -0.515. The number of nitrogens with zero attached hydrogens (tertiary/aromatic N) is 1. The van der Waals surface area contributed by atoms with Crippen LogP contribution in [0.4, 0.5) is 0 Å².